The van der Waals surface area contributed by atoms with Gasteiger partial charge in [-0.05, 0) is 104 Å². The van der Waals surface area contributed by atoms with E-state index < -0.39 is 18.2 Å². The average molecular weight is 489 g/mol. The van der Waals surface area contributed by atoms with Crippen molar-refractivity contribution in [2.45, 2.75) is 118 Å². The van der Waals surface area contributed by atoms with Crippen molar-refractivity contribution in [3.8, 4) is 0 Å². The lowest BCUT2D eigenvalue weighted by Crippen LogP contribution is -2.51. The molecule has 3 fully saturated rings. The molecule has 0 amide bonds. The summed E-state index contributed by atoms with van der Waals surface area (Å²) in [6, 6.07) is 0. The van der Waals surface area contributed by atoms with E-state index in [1.165, 1.54) is 50.5 Å². The highest BCUT2D eigenvalue weighted by Crippen LogP contribution is 2.67. The van der Waals surface area contributed by atoms with Gasteiger partial charge >= 0.3 is 5.97 Å². The van der Waals surface area contributed by atoms with Gasteiger partial charge < -0.3 is 15.3 Å². The molecular formula is C31H52O4. The topological polar surface area (TPSA) is 77.8 Å². The maximum absolute atomic E-state index is 11.9. The van der Waals surface area contributed by atoms with E-state index in [0.29, 0.717) is 5.41 Å². The van der Waals surface area contributed by atoms with E-state index in [9.17, 15) is 20.1 Å². The van der Waals surface area contributed by atoms with Crippen molar-refractivity contribution in [1.29, 1.82) is 0 Å². The van der Waals surface area contributed by atoms with Crippen LogP contribution >= 0.6 is 0 Å². The number of carboxylic acids is 1. The molecule has 5 unspecified atom stereocenters. The molecule has 0 aromatic carbocycles. The maximum Gasteiger partial charge on any atom is 0.306 e. The SMILES string of the molecule is CC(C)CCC[C@@H](C)[C@H]1CCC2C3CC=C4CC(C(CC(O)O)C(=O)O)CC[C@]4(C)C3CC[C@@]21C. The molecule has 200 valence electrons. The number of fused-ring (bicyclic) bond motifs is 5. The molecule has 9 atom stereocenters. The molecule has 0 aliphatic heterocycles. The van der Waals surface area contributed by atoms with Crippen LogP contribution < -0.4 is 0 Å². The predicted molar refractivity (Wildman–Crippen MR) is 141 cm³/mol. The van der Waals surface area contributed by atoms with Gasteiger partial charge in [0.25, 0.3) is 0 Å². The van der Waals surface area contributed by atoms with Gasteiger partial charge in [0.15, 0.2) is 6.29 Å². The first-order valence-corrected chi connectivity index (χ1v) is 14.8. The van der Waals surface area contributed by atoms with Gasteiger partial charge in [0.05, 0.1) is 5.92 Å². The van der Waals surface area contributed by atoms with Crippen molar-refractivity contribution in [3.05, 3.63) is 11.6 Å². The van der Waals surface area contributed by atoms with Crippen molar-refractivity contribution in [3.63, 3.8) is 0 Å². The second kappa shape index (κ2) is 10.5. The number of aliphatic hydroxyl groups excluding tert-OH is 1. The van der Waals surface area contributed by atoms with Crippen LogP contribution in [0.25, 0.3) is 0 Å². The van der Waals surface area contributed by atoms with Crippen LogP contribution in [-0.4, -0.2) is 27.6 Å². The van der Waals surface area contributed by atoms with Crippen molar-refractivity contribution in [1.82, 2.24) is 0 Å². The van der Waals surface area contributed by atoms with Crippen LogP contribution in [0.5, 0.6) is 0 Å². The molecule has 0 aromatic rings. The lowest BCUT2D eigenvalue weighted by molar-refractivity contribution is -0.150. The molecule has 0 aromatic heterocycles. The highest BCUT2D eigenvalue weighted by Gasteiger charge is 2.59. The normalized spacial score (nSPS) is 40.6. The van der Waals surface area contributed by atoms with Gasteiger partial charge in [-0.3, -0.25) is 4.79 Å². The number of carbonyl (C=O) groups is 1. The van der Waals surface area contributed by atoms with Gasteiger partial charge in [0.1, 0.15) is 0 Å². The second-order valence-electron chi connectivity index (χ2n) is 14.0. The molecular weight excluding hydrogens is 436 g/mol. The largest absolute Gasteiger partial charge is 0.481 e. The lowest BCUT2D eigenvalue weighted by atomic mass is 9.46. The Balaban J connectivity index is 1.47. The minimum absolute atomic E-state index is 0.0154. The first kappa shape index (κ1) is 27.2. The van der Waals surface area contributed by atoms with Gasteiger partial charge in [0, 0.05) is 6.42 Å². The highest BCUT2D eigenvalue weighted by molar-refractivity contribution is 5.70. The molecule has 4 aliphatic rings. The summed E-state index contributed by atoms with van der Waals surface area (Å²) in [6.45, 7) is 12.3. The van der Waals surface area contributed by atoms with Crippen LogP contribution in [-0.2, 0) is 4.79 Å². The van der Waals surface area contributed by atoms with Crippen LogP contribution in [0.15, 0.2) is 11.6 Å². The Bertz CT molecular complexity index is 787. The molecule has 3 N–H and O–H groups in total. The van der Waals surface area contributed by atoms with Gasteiger partial charge in [-0.15, -0.1) is 0 Å². The Morgan fingerprint density at radius 3 is 2.43 bits per heavy atom. The van der Waals surface area contributed by atoms with E-state index in [0.717, 1.165) is 61.2 Å². The third kappa shape index (κ3) is 5.13. The van der Waals surface area contributed by atoms with Crippen LogP contribution in [0.3, 0.4) is 0 Å². The van der Waals surface area contributed by atoms with Gasteiger partial charge in [0.2, 0.25) is 0 Å². The molecule has 4 rings (SSSR count). The first-order chi connectivity index (χ1) is 16.5. The molecule has 0 bridgehead atoms. The number of hydrogen-bond acceptors (Lipinski definition) is 3. The van der Waals surface area contributed by atoms with Gasteiger partial charge in [-0.2, -0.15) is 0 Å². The standard InChI is InChI=1S/C31H52O4/c1-19(2)7-6-8-20(3)25-11-12-26-23-10-9-22-17-21(24(29(34)35)18-28(32)33)13-15-30(22,4)27(23)14-16-31(25,26)5/h9,19-21,23-28,32-33H,6-8,10-18H2,1-5H3,(H,34,35)/t20-,21?,23?,24?,25-,26?,27?,30+,31-/m1/s1. The van der Waals surface area contributed by atoms with E-state index in [-0.39, 0.29) is 17.8 Å². The van der Waals surface area contributed by atoms with E-state index in [1.54, 1.807) is 0 Å². The molecule has 0 heterocycles. The zero-order valence-electron chi connectivity index (χ0n) is 23.0. The molecule has 0 spiro atoms. The Morgan fingerprint density at radius 2 is 1.77 bits per heavy atom. The number of hydrogen-bond donors (Lipinski definition) is 3. The zero-order valence-corrected chi connectivity index (χ0v) is 23.0. The number of aliphatic hydroxyl groups is 2. The minimum Gasteiger partial charge on any atom is -0.481 e. The van der Waals surface area contributed by atoms with E-state index >= 15 is 0 Å². The summed E-state index contributed by atoms with van der Waals surface area (Å²) in [7, 11) is 0. The fourth-order valence-electron chi connectivity index (χ4n) is 9.78. The molecule has 0 radical (unpaired) electrons. The van der Waals surface area contributed by atoms with Crippen molar-refractivity contribution >= 4 is 5.97 Å². The number of aliphatic carboxylic acids is 1. The highest BCUT2D eigenvalue weighted by atomic mass is 16.5. The summed E-state index contributed by atoms with van der Waals surface area (Å²) in [6.07, 6.45) is 14.4. The summed E-state index contributed by atoms with van der Waals surface area (Å²) < 4.78 is 0. The molecule has 4 aliphatic carbocycles. The molecule has 3 saturated carbocycles. The predicted octanol–water partition coefficient (Wildman–Crippen LogP) is 7.05. The summed E-state index contributed by atoms with van der Waals surface area (Å²) in [5.74, 6) is 3.32. The molecule has 4 heteroatoms. The molecule has 4 nitrogen and oxygen atoms in total. The number of rotatable bonds is 9. The zero-order chi connectivity index (χ0) is 25.5. The third-order valence-corrected chi connectivity index (χ3v) is 11.7. The van der Waals surface area contributed by atoms with Crippen LogP contribution in [0.4, 0.5) is 0 Å². The second-order valence-corrected chi connectivity index (χ2v) is 14.0. The summed E-state index contributed by atoms with van der Waals surface area (Å²) >= 11 is 0. The fourth-order valence-corrected chi connectivity index (χ4v) is 9.78. The number of allylic oxidation sites excluding steroid dienone is 2. The van der Waals surface area contributed by atoms with Gasteiger partial charge in [-0.25, -0.2) is 0 Å². The van der Waals surface area contributed by atoms with Crippen molar-refractivity contribution < 1.29 is 20.1 Å². The van der Waals surface area contributed by atoms with Crippen molar-refractivity contribution in [2.24, 2.45) is 58.2 Å². The van der Waals surface area contributed by atoms with Crippen LogP contribution in [0, 0.1) is 58.2 Å². The molecule has 0 saturated heterocycles. The minimum atomic E-state index is -1.55. The van der Waals surface area contributed by atoms with Crippen molar-refractivity contribution in [2.75, 3.05) is 0 Å². The maximum atomic E-state index is 11.9. The van der Waals surface area contributed by atoms with E-state index in [2.05, 4.69) is 40.7 Å². The van der Waals surface area contributed by atoms with E-state index in [1.807, 2.05) is 0 Å². The Kier molecular flexibility index (Phi) is 8.14. The monoisotopic (exact) mass is 488 g/mol. The van der Waals surface area contributed by atoms with Crippen LogP contribution in [0.2, 0.25) is 0 Å². The Hall–Kier alpha value is -0.870. The summed E-state index contributed by atoms with van der Waals surface area (Å²) in [4.78, 5) is 11.9. The average Bonchev–Trinajstić information content (AvgIpc) is 3.13. The number of carboxylic acid groups (broad SMARTS) is 1. The Morgan fingerprint density at radius 1 is 1.03 bits per heavy atom. The third-order valence-electron chi connectivity index (χ3n) is 11.7. The van der Waals surface area contributed by atoms with Crippen LogP contribution in [0.1, 0.15) is 112 Å². The Labute approximate surface area is 214 Å². The summed E-state index contributed by atoms with van der Waals surface area (Å²) in [5.41, 5.74) is 2.17. The molecule has 35 heavy (non-hydrogen) atoms. The summed E-state index contributed by atoms with van der Waals surface area (Å²) in [5, 5.41) is 28.7. The first-order valence-electron chi connectivity index (χ1n) is 14.8. The fraction of sp³-hybridized carbons (Fsp3) is 0.903. The lowest BCUT2D eigenvalue weighted by Gasteiger charge is -2.59. The van der Waals surface area contributed by atoms with E-state index in [4.69, 9.17) is 0 Å². The quantitative estimate of drug-likeness (QED) is 0.240. The van der Waals surface area contributed by atoms with Gasteiger partial charge in [-0.1, -0.05) is 65.5 Å². The smallest absolute Gasteiger partial charge is 0.306 e.